The van der Waals surface area contributed by atoms with E-state index in [1.54, 1.807) is 12.4 Å². The summed E-state index contributed by atoms with van der Waals surface area (Å²) in [6.07, 6.45) is 5.51. The molecule has 0 radical (unpaired) electrons. The van der Waals surface area contributed by atoms with Gasteiger partial charge in [0, 0.05) is 24.0 Å². The average molecular weight is 399 g/mol. The van der Waals surface area contributed by atoms with Crippen molar-refractivity contribution in [3.05, 3.63) is 65.2 Å². The molecule has 6 nitrogen and oxygen atoms in total. The van der Waals surface area contributed by atoms with Crippen LogP contribution in [0.3, 0.4) is 0 Å². The van der Waals surface area contributed by atoms with Crippen molar-refractivity contribution in [3.8, 4) is 0 Å². The molecule has 1 N–H and O–H groups in total. The Morgan fingerprint density at radius 1 is 1.21 bits per heavy atom. The zero-order chi connectivity index (χ0) is 20.3. The maximum atomic E-state index is 12.9. The number of nitrogens with one attached hydrogen (secondary N) is 1. The van der Waals surface area contributed by atoms with E-state index in [1.807, 2.05) is 68.1 Å². The van der Waals surface area contributed by atoms with Crippen LogP contribution < -0.4 is 5.32 Å². The van der Waals surface area contributed by atoms with Crippen molar-refractivity contribution in [2.45, 2.75) is 52.4 Å². The fraction of sp³-hybridized carbons (Fsp3) is 0.381. The molecule has 0 aliphatic heterocycles. The summed E-state index contributed by atoms with van der Waals surface area (Å²) >= 11 is 1.40. The van der Waals surface area contributed by atoms with Crippen LogP contribution in [0.5, 0.6) is 0 Å². The van der Waals surface area contributed by atoms with Crippen LogP contribution in [0.15, 0.2) is 48.2 Å². The fourth-order valence-corrected chi connectivity index (χ4v) is 4.01. The highest BCUT2D eigenvalue weighted by atomic mass is 32.1. The SMILES string of the molecule is CC(C)OC(C)(C)c1csc(NC(=O)c2cccn2[C@@H](C)c2ccncc2)n1. The van der Waals surface area contributed by atoms with Crippen molar-refractivity contribution in [3.63, 3.8) is 0 Å². The number of carbonyl (C=O) groups excluding carboxylic acids is 1. The van der Waals surface area contributed by atoms with Crippen molar-refractivity contribution in [2.24, 2.45) is 0 Å². The minimum Gasteiger partial charge on any atom is -0.367 e. The third kappa shape index (κ3) is 4.48. The number of amides is 1. The van der Waals surface area contributed by atoms with Gasteiger partial charge in [-0.2, -0.15) is 0 Å². The van der Waals surface area contributed by atoms with Crippen LogP contribution in [0.2, 0.25) is 0 Å². The summed E-state index contributed by atoms with van der Waals surface area (Å²) in [6, 6.07) is 7.61. The predicted octanol–water partition coefficient (Wildman–Crippen LogP) is 4.86. The number of ether oxygens (including phenoxy) is 1. The highest BCUT2D eigenvalue weighted by Crippen LogP contribution is 2.29. The zero-order valence-corrected chi connectivity index (χ0v) is 17.7. The van der Waals surface area contributed by atoms with Crippen LogP contribution in [0.1, 0.15) is 62.4 Å². The summed E-state index contributed by atoms with van der Waals surface area (Å²) in [7, 11) is 0. The van der Waals surface area contributed by atoms with Crippen LogP contribution in [0.25, 0.3) is 0 Å². The molecule has 7 heteroatoms. The van der Waals surface area contributed by atoms with E-state index in [9.17, 15) is 4.79 Å². The molecule has 3 aromatic heterocycles. The molecule has 1 amide bonds. The molecule has 28 heavy (non-hydrogen) atoms. The quantitative estimate of drug-likeness (QED) is 0.617. The van der Waals surface area contributed by atoms with Gasteiger partial charge in [-0.3, -0.25) is 15.1 Å². The van der Waals surface area contributed by atoms with E-state index in [0.717, 1.165) is 11.3 Å². The molecule has 0 saturated carbocycles. The highest BCUT2D eigenvalue weighted by molar-refractivity contribution is 7.14. The predicted molar refractivity (Wildman–Crippen MR) is 112 cm³/mol. The van der Waals surface area contributed by atoms with Crippen molar-refractivity contribution >= 4 is 22.4 Å². The molecule has 3 heterocycles. The van der Waals surface area contributed by atoms with Crippen molar-refractivity contribution in [1.82, 2.24) is 14.5 Å². The molecule has 148 valence electrons. The Morgan fingerprint density at radius 3 is 2.61 bits per heavy atom. The maximum absolute atomic E-state index is 12.9. The number of rotatable bonds is 7. The Labute approximate surface area is 169 Å². The molecule has 0 unspecified atom stereocenters. The van der Waals surface area contributed by atoms with Crippen LogP contribution >= 0.6 is 11.3 Å². The normalized spacial score (nSPS) is 12.9. The molecular formula is C21H26N4O2S. The number of pyridine rings is 1. The standard InChI is InChI=1S/C21H26N4O2S/c1-14(2)27-21(4,5)18-13-28-20(23-18)24-19(26)17-7-6-12-25(17)15(3)16-8-10-22-11-9-16/h6-15H,1-5H3,(H,23,24,26)/t15-/m0/s1. The van der Waals surface area contributed by atoms with Crippen LogP contribution in [0, 0.1) is 0 Å². The molecule has 0 bridgehead atoms. The smallest absolute Gasteiger partial charge is 0.274 e. The Bertz CT molecular complexity index is 931. The van der Waals surface area contributed by atoms with Gasteiger partial charge in [-0.15, -0.1) is 11.3 Å². The lowest BCUT2D eigenvalue weighted by atomic mass is 10.1. The van der Waals surface area contributed by atoms with Crippen molar-refractivity contribution in [1.29, 1.82) is 0 Å². The van der Waals surface area contributed by atoms with E-state index in [2.05, 4.69) is 22.2 Å². The van der Waals surface area contributed by atoms with E-state index in [4.69, 9.17) is 4.74 Å². The monoisotopic (exact) mass is 398 g/mol. The van der Waals surface area contributed by atoms with Crippen molar-refractivity contribution in [2.75, 3.05) is 5.32 Å². The summed E-state index contributed by atoms with van der Waals surface area (Å²) in [6.45, 7) is 10.0. The van der Waals surface area contributed by atoms with Crippen LogP contribution in [-0.4, -0.2) is 26.5 Å². The number of thiazole rings is 1. The second kappa shape index (κ2) is 8.24. The van der Waals surface area contributed by atoms with E-state index in [-0.39, 0.29) is 18.1 Å². The van der Waals surface area contributed by atoms with Gasteiger partial charge >= 0.3 is 0 Å². The first-order valence-corrected chi connectivity index (χ1v) is 10.2. The fourth-order valence-electron chi connectivity index (χ4n) is 3.14. The molecule has 0 aliphatic carbocycles. The lowest BCUT2D eigenvalue weighted by Gasteiger charge is -2.25. The minimum atomic E-state index is -0.510. The minimum absolute atomic E-state index is 0.0176. The second-order valence-electron chi connectivity index (χ2n) is 7.43. The Morgan fingerprint density at radius 2 is 1.93 bits per heavy atom. The number of nitrogens with zero attached hydrogens (tertiary/aromatic N) is 3. The average Bonchev–Trinajstić information content (AvgIpc) is 3.30. The number of aromatic nitrogens is 3. The van der Waals surface area contributed by atoms with Gasteiger partial charge < -0.3 is 9.30 Å². The zero-order valence-electron chi connectivity index (χ0n) is 16.8. The van der Waals surface area contributed by atoms with E-state index in [0.29, 0.717) is 10.8 Å². The first kappa shape index (κ1) is 20.2. The third-order valence-corrected chi connectivity index (χ3v) is 5.25. The van der Waals surface area contributed by atoms with Crippen molar-refractivity contribution < 1.29 is 9.53 Å². The number of hydrogen-bond donors (Lipinski definition) is 1. The van der Waals surface area contributed by atoms with Gasteiger partial charge in [-0.1, -0.05) is 0 Å². The van der Waals surface area contributed by atoms with Crippen LogP contribution in [0.4, 0.5) is 5.13 Å². The molecular weight excluding hydrogens is 372 g/mol. The third-order valence-electron chi connectivity index (χ3n) is 4.49. The first-order chi connectivity index (χ1) is 13.3. The highest BCUT2D eigenvalue weighted by Gasteiger charge is 2.26. The summed E-state index contributed by atoms with van der Waals surface area (Å²) in [5.41, 5.74) is 1.97. The van der Waals surface area contributed by atoms with Crippen LogP contribution in [-0.2, 0) is 10.3 Å². The molecule has 0 spiro atoms. The summed E-state index contributed by atoms with van der Waals surface area (Å²) < 4.78 is 7.89. The molecule has 3 aromatic rings. The summed E-state index contributed by atoms with van der Waals surface area (Å²) in [4.78, 5) is 21.5. The molecule has 0 fully saturated rings. The number of hydrogen-bond acceptors (Lipinski definition) is 5. The van der Waals surface area contributed by atoms with Gasteiger partial charge in [-0.05, 0) is 64.4 Å². The Hall–Kier alpha value is -2.51. The van der Waals surface area contributed by atoms with Gasteiger partial charge in [-0.25, -0.2) is 4.98 Å². The molecule has 3 rings (SSSR count). The van der Waals surface area contributed by atoms with Gasteiger partial charge in [0.1, 0.15) is 11.3 Å². The van der Waals surface area contributed by atoms with E-state index < -0.39 is 5.60 Å². The molecule has 0 aliphatic rings. The number of anilines is 1. The Balaban J connectivity index is 1.76. The maximum Gasteiger partial charge on any atom is 0.274 e. The lowest BCUT2D eigenvalue weighted by Crippen LogP contribution is -2.26. The first-order valence-electron chi connectivity index (χ1n) is 9.30. The Kier molecular flexibility index (Phi) is 5.96. The van der Waals surface area contributed by atoms with E-state index >= 15 is 0 Å². The van der Waals surface area contributed by atoms with Gasteiger partial charge in [0.05, 0.1) is 17.8 Å². The van der Waals surface area contributed by atoms with Gasteiger partial charge in [0.25, 0.3) is 5.91 Å². The summed E-state index contributed by atoms with van der Waals surface area (Å²) in [5, 5.41) is 5.40. The lowest BCUT2D eigenvalue weighted by molar-refractivity contribution is -0.0623. The number of carbonyl (C=O) groups is 1. The molecule has 0 saturated heterocycles. The van der Waals surface area contributed by atoms with Gasteiger partial charge in [0.2, 0.25) is 0 Å². The van der Waals surface area contributed by atoms with Gasteiger partial charge in [0.15, 0.2) is 5.13 Å². The summed E-state index contributed by atoms with van der Waals surface area (Å²) in [5.74, 6) is -0.186. The largest absolute Gasteiger partial charge is 0.367 e. The second-order valence-corrected chi connectivity index (χ2v) is 8.28. The molecule has 1 atom stereocenters. The topological polar surface area (TPSA) is 69.0 Å². The van der Waals surface area contributed by atoms with E-state index in [1.165, 1.54) is 11.3 Å². The molecule has 0 aromatic carbocycles.